The molecule has 1 saturated carbocycles. The van der Waals surface area contributed by atoms with E-state index in [1.54, 1.807) is 4.68 Å². The van der Waals surface area contributed by atoms with Crippen LogP contribution in [0.5, 0.6) is 11.8 Å². The number of ketones is 1. The molecule has 0 spiro atoms. The lowest BCUT2D eigenvalue weighted by molar-refractivity contribution is -0.126. The van der Waals surface area contributed by atoms with Crippen molar-refractivity contribution >= 4 is 5.78 Å². The molecule has 3 atom stereocenters. The summed E-state index contributed by atoms with van der Waals surface area (Å²) < 4.78 is 7.71. The molecule has 3 aliphatic rings. The number of piperidine rings is 1. The summed E-state index contributed by atoms with van der Waals surface area (Å²) >= 11 is 0. The topological polar surface area (TPSA) is 73.1 Å². The van der Waals surface area contributed by atoms with Crippen LogP contribution in [-0.2, 0) is 16.6 Å². The third-order valence-corrected chi connectivity index (χ3v) is 7.59. The maximum absolute atomic E-state index is 12.5. The molecule has 2 bridgehead atoms. The molecule has 1 aliphatic heterocycles. The fourth-order valence-corrected chi connectivity index (χ4v) is 6.17. The lowest BCUT2D eigenvalue weighted by Crippen LogP contribution is -2.60. The van der Waals surface area contributed by atoms with Gasteiger partial charge in [-0.15, -0.1) is 0 Å². The summed E-state index contributed by atoms with van der Waals surface area (Å²) in [6.45, 7) is 1.05. The van der Waals surface area contributed by atoms with Crippen molar-refractivity contribution < 1.29 is 9.53 Å². The lowest BCUT2D eigenvalue weighted by Gasteiger charge is -2.58. The van der Waals surface area contributed by atoms with Gasteiger partial charge in [-0.2, -0.15) is 4.68 Å². The van der Waals surface area contributed by atoms with Gasteiger partial charge < -0.3 is 9.64 Å². The number of Topliss-reactive ketones (excluding diaryl/α,β-unsaturated/α-hetero) is 1. The first kappa shape index (κ1) is 18.7. The quantitative estimate of drug-likeness (QED) is 0.653. The minimum Gasteiger partial charge on any atom is -0.423 e. The average molecular weight is 415 g/mol. The molecule has 2 aliphatic carbocycles. The molecule has 31 heavy (non-hydrogen) atoms. The van der Waals surface area contributed by atoms with E-state index >= 15 is 0 Å². The smallest absolute Gasteiger partial charge is 0.345 e. The summed E-state index contributed by atoms with van der Waals surface area (Å²) in [6.07, 6.45) is 4.47. The Hall–Kier alpha value is -3.06. The Bertz CT molecular complexity index is 1140. The van der Waals surface area contributed by atoms with Crippen molar-refractivity contribution in [1.82, 2.24) is 25.1 Å². The largest absolute Gasteiger partial charge is 0.423 e. The number of aromatic nitrogens is 4. The number of likely N-dealkylation sites (tertiary alicyclic amines) is 1. The van der Waals surface area contributed by atoms with Crippen molar-refractivity contribution in [2.75, 3.05) is 13.6 Å². The molecule has 3 aromatic rings. The Morgan fingerprint density at radius 2 is 2.03 bits per heavy atom. The second-order valence-corrected chi connectivity index (χ2v) is 9.15. The van der Waals surface area contributed by atoms with Crippen molar-refractivity contribution in [3.63, 3.8) is 0 Å². The summed E-state index contributed by atoms with van der Waals surface area (Å²) in [5.74, 6) is 1.70. The van der Waals surface area contributed by atoms with Gasteiger partial charge in [-0.3, -0.25) is 4.79 Å². The number of nitrogens with zero attached hydrogens (tertiary/aromatic N) is 5. The van der Waals surface area contributed by atoms with E-state index in [-0.39, 0.29) is 5.41 Å². The molecule has 1 aromatic heterocycles. The number of ether oxygens (including phenoxy) is 1. The van der Waals surface area contributed by atoms with Crippen molar-refractivity contribution in [2.45, 2.75) is 43.6 Å². The molecule has 0 unspecified atom stereocenters. The SMILES string of the molecule is CN1CC[C@]23CC(=O)CC[C@H]2[C@H]1Cc1cc(Oc2nnnn2-c2ccccc2)ccc13. The van der Waals surface area contributed by atoms with Gasteiger partial charge in [0, 0.05) is 24.3 Å². The molecular formula is C24H25N5O2. The highest BCUT2D eigenvalue weighted by molar-refractivity contribution is 5.81. The van der Waals surface area contributed by atoms with Crippen LogP contribution in [-0.4, -0.2) is 50.5 Å². The molecule has 2 aromatic carbocycles. The number of rotatable bonds is 3. The van der Waals surface area contributed by atoms with Gasteiger partial charge in [-0.05, 0) is 84.6 Å². The molecule has 6 rings (SSSR count). The van der Waals surface area contributed by atoms with Crippen molar-refractivity contribution in [2.24, 2.45) is 5.92 Å². The average Bonchev–Trinajstić information content (AvgIpc) is 3.24. The number of carbonyl (C=O) groups is 1. The van der Waals surface area contributed by atoms with Gasteiger partial charge in [0.2, 0.25) is 0 Å². The van der Waals surface area contributed by atoms with E-state index in [2.05, 4.69) is 39.6 Å². The van der Waals surface area contributed by atoms with Crippen molar-refractivity contribution in [3.8, 4) is 17.4 Å². The Morgan fingerprint density at radius 3 is 2.90 bits per heavy atom. The number of para-hydroxylation sites is 1. The molecule has 2 fully saturated rings. The van der Waals surface area contributed by atoms with E-state index in [9.17, 15) is 4.79 Å². The van der Waals surface area contributed by atoms with Crippen LogP contribution in [0, 0.1) is 5.92 Å². The standard InChI is InChI=1S/C24H25N5O2/c1-28-12-11-24-15-18(30)7-9-21(24)22(28)14-16-13-19(8-10-20(16)24)31-23-25-26-27-29(23)17-5-3-2-4-6-17/h2-6,8,10,13,21-22H,7,9,11-12,14-15H2,1H3/t21-,22+,24+/m0/s1. The highest BCUT2D eigenvalue weighted by Crippen LogP contribution is 2.55. The number of tetrazole rings is 1. The Kier molecular flexibility index (Phi) is 4.21. The van der Waals surface area contributed by atoms with Crippen molar-refractivity contribution in [1.29, 1.82) is 0 Å². The van der Waals surface area contributed by atoms with Crippen LogP contribution in [0.3, 0.4) is 0 Å². The van der Waals surface area contributed by atoms with E-state index in [0.717, 1.165) is 43.7 Å². The monoisotopic (exact) mass is 415 g/mol. The second-order valence-electron chi connectivity index (χ2n) is 9.15. The summed E-state index contributed by atoms with van der Waals surface area (Å²) in [5, 5.41) is 11.9. The maximum atomic E-state index is 12.5. The first-order valence-corrected chi connectivity index (χ1v) is 11.0. The zero-order valence-corrected chi connectivity index (χ0v) is 17.6. The molecule has 0 amide bonds. The molecular weight excluding hydrogens is 390 g/mol. The number of hydrogen-bond donors (Lipinski definition) is 0. The van der Waals surface area contributed by atoms with Gasteiger partial charge in [0.1, 0.15) is 11.5 Å². The minimum absolute atomic E-state index is 0.00968. The molecule has 1 saturated heterocycles. The van der Waals surface area contributed by atoms with Crippen LogP contribution in [0.2, 0.25) is 0 Å². The summed E-state index contributed by atoms with van der Waals surface area (Å²) in [4.78, 5) is 15.0. The second kappa shape index (κ2) is 6.99. The van der Waals surface area contributed by atoms with Crippen LogP contribution in [0.15, 0.2) is 48.5 Å². The molecule has 158 valence electrons. The predicted molar refractivity (Wildman–Crippen MR) is 114 cm³/mol. The zero-order chi connectivity index (χ0) is 21.0. The Labute approximate surface area is 181 Å². The first-order valence-electron chi connectivity index (χ1n) is 11.0. The number of likely N-dealkylation sites (N-methyl/N-ethyl adjacent to an activating group) is 1. The zero-order valence-electron chi connectivity index (χ0n) is 17.6. The van der Waals surface area contributed by atoms with E-state index in [4.69, 9.17) is 4.74 Å². The van der Waals surface area contributed by atoms with Crippen LogP contribution in [0.1, 0.15) is 36.8 Å². The van der Waals surface area contributed by atoms with Crippen molar-refractivity contribution in [3.05, 3.63) is 59.7 Å². The van der Waals surface area contributed by atoms with E-state index in [1.165, 1.54) is 11.1 Å². The van der Waals surface area contributed by atoms with Gasteiger partial charge in [-0.1, -0.05) is 29.4 Å². The highest BCUT2D eigenvalue weighted by Gasteiger charge is 2.54. The van der Waals surface area contributed by atoms with Crippen LogP contribution >= 0.6 is 0 Å². The third-order valence-electron chi connectivity index (χ3n) is 7.59. The summed E-state index contributed by atoms with van der Waals surface area (Å²) in [5.41, 5.74) is 3.48. The fourth-order valence-electron chi connectivity index (χ4n) is 6.17. The third kappa shape index (κ3) is 2.91. The Morgan fingerprint density at radius 1 is 1.16 bits per heavy atom. The van der Waals surface area contributed by atoms with Crippen LogP contribution in [0.25, 0.3) is 5.69 Å². The first-order chi connectivity index (χ1) is 15.1. The van der Waals surface area contributed by atoms with E-state index in [1.807, 2.05) is 36.4 Å². The Balaban J connectivity index is 1.37. The van der Waals surface area contributed by atoms with Crippen LogP contribution in [0.4, 0.5) is 0 Å². The molecule has 7 heteroatoms. The number of fused-ring (bicyclic) bond motifs is 1. The number of hydrogen-bond acceptors (Lipinski definition) is 6. The molecule has 0 N–H and O–H groups in total. The fraction of sp³-hybridized carbons (Fsp3) is 0.417. The van der Waals surface area contributed by atoms with Gasteiger partial charge in [-0.25, -0.2) is 0 Å². The molecule has 2 heterocycles. The molecule has 7 nitrogen and oxygen atoms in total. The van der Waals surface area contributed by atoms with Gasteiger partial charge >= 0.3 is 6.01 Å². The van der Waals surface area contributed by atoms with Gasteiger partial charge in [0.15, 0.2) is 0 Å². The lowest BCUT2D eigenvalue weighted by atomic mass is 9.52. The predicted octanol–water partition coefficient (Wildman–Crippen LogP) is 3.32. The maximum Gasteiger partial charge on any atom is 0.345 e. The summed E-state index contributed by atoms with van der Waals surface area (Å²) in [6, 6.07) is 16.9. The van der Waals surface area contributed by atoms with Crippen LogP contribution < -0.4 is 4.74 Å². The minimum atomic E-state index is -0.00968. The van der Waals surface area contributed by atoms with E-state index < -0.39 is 0 Å². The normalized spacial score (nSPS) is 27.5. The molecule has 0 radical (unpaired) electrons. The number of carbonyl (C=O) groups excluding carboxylic acids is 1. The summed E-state index contributed by atoms with van der Waals surface area (Å²) in [7, 11) is 2.23. The van der Waals surface area contributed by atoms with Gasteiger partial charge in [0.25, 0.3) is 0 Å². The highest BCUT2D eigenvalue weighted by atomic mass is 16.5. The van der Waals surface area contributed by atoms with E-state index in [0.29, 0.717) is 30.2 Å². The number of benzene rings is 2. The van der Waals surface area contributed by atoms with Gasteiger partial charge in [0.05, 0.1) is 5.69 Å².